The maximum Gasteiger partial charge on any atom is 0.195 e. The number of H-pyrrole nitrogens is 1. The highest BCUT2D eigenvalue weighted by molar-refractivity contribution is 7.99. The maximum absolute atomic E-state index is 4.23. The number of aromatic nitrogens is 5. The molecule has 2 aromatic heterocycles. The fourth-order valence-corrected chi connectivity index (χ4v) is 1.67. The van der Waals surface area contributed by atoms with Crippen molar-refractivity contribution in [3.05, 3.63) is 24.3 Å². The van der Waals surface area contributed by atoms with Crippen LogP contribution in [-0.4, -0.2) is 31.7 Å². The Hall–Kier alpha value is -1.47. The molecule has 0 fully saturated rings. The van der Waals surface area contributed by atoms with E-state index in [0.717, 1.165) is 18.7 Å². The first-order chi connectivity index (χ1) is 7.88. The van der Waals surface area contributed by atoms with Gasteiger partial charge in [-0.1, -0.05) is 6.92 Å². The minimum absolute atomic E-state index is 0.664. The average molecular weight is 236 g/mol. The van der Waals surface area contributed by atoms with Gasteiger partial charge < -0.3 is 5.32 Å². The van der Waals surface area contributed by atoms with Crippen LogP contribution in [0.2, 0.25) is 0 Å². The summed E-state index contributed by atoms with van der Waals surface area (Å²) in [6.45, 7) is 3.80. The number of hydrogen-bond acceptors (Lipinski definition) is 6. The maximum atomic E-state index is 4.23. The first-order valence-corrected chi connectivity index (χ1v) is 5.75. The molecular weight excluding hydrogens is 224 g/mol. The molecule has 0 unspecified atom stereocenters. The Kier molecular flexibility index (Phi) is 3.84. The highest BCUT2D eigenvalue weighted by atomic mass is 32.2. The lowest BCUT2D eigenvalue weighted by molar-refractivity contribution is 0.716. The third-order valence-electron chi connectivity index (χ3n) is 1.84. The molecule has 0 bridgehead atoms. The van der Waals surface area contributed by atoms with Crippen LogP contribution < -0.4 is 5.32 Å². The molecule has 16 heavy (non-hydrogen) atoms. The van der Waals surface area contributed by atoms with Gasteiger partial charge in [0.25, 0.3) is 0 Å². The SMILES string of the molecule is CCNCc1cnc(Sc2ncn[nH]2)nc1. The van der Waals surface area contributed by atoms with E-state index >= 15 is 0 Å². The number of nitrogens with one attached hydrogen (secondary N) is 2. The Morgan fingerprint density at radius 2 is 2.12 bits per heavy atom. The van der Waals surface area contributed by atoms with Gasteiger partial charge in [0.05, 0.1) is 0 Å². The Morgan fingerprint density at radius 1 is 1.31 bits per heavy atom. The van der Waals surface area contributed by atoms with Crippen molar-refractivity contribution in [1.29, 1.82) is 0 Å². The zero-order chi connectivity index (χ0) is 11.2. The molecule has 2 heterocycles. The summed E-state index contributed by atoms with van der Waals surface area (Å²) >= 11 is 1.36. The van der Waals surface area contributed by atoms with Crippen LogP contribution in [0.1, 0.15) is 12.5 Å². The third kappa shape index (κ3) is 3.01. The molecule has 0 aromatic carbocycles. The van der Waals surface area contributed by atoms with Crippen LogP contribution in [0.4, 0.5) is 0 Å². The van der Waals surface area contributed by atoms with Crippen LogP contribution in [0, 0.1) is 0 Å². The van der Waals surface area contributed by atoms with E-state index in [2.05, 4.69) is 37.4 Å². The Labute approximate surface area is 97.3 Å². The predicted octanol–water partition coefficient (Wildman–Crippen LogP) is 0.855. The van der Waals surface area contributed by atoms with Gasteiger partial charge in [-0.3, -0.25) is 5.10 Å². The van der Waals surface area contributed by atoms with E-state index < -0.39 is 0 Å². The van der Waals surface area contributed by atoms with E-state index in [4.69, 9.17) is 0 Å². The summed E-state index contributed by atoms with van der Waals surface area (Å²) in [4.78, 5) is 12.4. The third-order valence-corrected chi connectivity index (χ3v) is 2.63. The highest BCUT2D eigenvalue weighted by Crippen LogP contribution is 2.18. The summed E-state index contributed by atoms with van der Waals surface area (Å²) < 4.78 is 0. The van der Waals surface area contributed by atoms with Crippen LogP contribution in [-0.2, 0) is 6.54 Å². The molecule has 6 nitrogen and oxygen atoms in total. The summed E-state index contributed by atoms with van der Waals surface area (Å²) in [5.41, 5.74) is 1.07. The van der Waals surface area contributed by atoms with Crippen molar-refractivity contribution >= 4 is 11.8 Å². The van der Waals surface area contributed by atoms with E-state index in [9.17, 15) is 0 Å². The first kappa shape index (κ1) is 11.0. The van der Waals surface area contributed by atoms with E-state index in [1.54, 1.807) is 0 Å². The second-order valence-electron chi connectivity index (χ2n) is 3.05. The molecule has 0 saturated heterocycles. The molecule has 0 radical (unpaired) electrons. The van der Waals surface area contributed by atoms with Crippen LogP contribution in [0.5, 0.6) is 0 Å². The summed E-state index contributed by atoms with van der Waals surface area (Å²) in [6, 6.07) is 0. The number of rotatable bonds is 5. The fraction of sp³-hybridized carbons (Fsp3) is 0.333. The molecule has 0 aliphatic carbocycles. The molecule has 2 rings (SSSR count). The van der Waals surface area contributed by atoms with E-state index in [1.165, 1.54) is 18.1 Å². The zero-order valence-corrected chi connectivity index (χ0v) is 9.66. The molecular formula is C9H12N6S. The lowest BCUT2D eigenvalue weighted by Gasteiger charge is -2.01. The molecule has 0 spiro atoms. The van der Waals surface area contributed by atoms with E-state index in [0.29, 0.717) is 10.3 Å². The second kappa shape index (κ2) is 5.57. The monoisotopic (exact) mass is 236 g/mol. The van der Waals surface area contributed by atoms with Crippen molar-refractivity contribution in [2.24, 2.45) is 0 Å². The second-order valence-corrected chi connectivity index (χ2v) is 4.00. The molecule has 2 aromatic rings. The molecule has 84 valence electrons. The fourth-order valence-electron chi connectivity index (χ4n) is 1.09. The average Bonchev–Trinajstić information content (AvgIpc) is 2.81. The van der Waals surface area contributed by atoms with E-state index in [-0.39, 0.29) is 0 Å². The first-order valence-electron chi connectivity index (χ1n) is 4.93. The number of hydrogen-bond donors (Lipinski definition) is 2. The number of aromatic amines is 1. The Morgan fingerprint density at radius 3 is 2.75 bits per heavy atom. The molecule has 0 atom stereocenters. The number of nitrogens with zero attached hydrogens (tertiary/aromatic N) is 4. The van der Waals surface area contributed by atoms with Crippen molar-refractivity contribution in [2.75, 3.05) is 6.54 Å². The van der Waals surface area contributed by atoms with Crippen molar-refractivity contribution in [2.45, 2.75) is 23.8 Å². The molecule has 0 saturated carbocycles. The topological polar surface area (TPSA) is 79.4 Å². The van der Waals surface area contributed by atoms with Crippen molar-refractivity contribution < 1.29 is 0 Å². The van der Waals surface area contributed by atoms with Gasteiger partial charge in [0, 0.05) is 24.5 Å². The standard InChI is InChI=1S/C9H12N6S/c1-2-10-3-7-4-11-8(12-5-7)16-9-13-6-14-15-9/h4-6,10H,2-3H2,1H3,(H,13,14,15). The quantitative estimate of drug-likeness (QED) is 0.749. The lowest BCUT2D eigenvalue weighted by atomic mass is 10.3. The molecule has 2 N–H and O–H groups in total. The minimum atomic E-state index is 0.664. The van der Waals surface area contributed by atoms with Gasteiger partial charge in [0.2, 0.25) is 0 Å². The van der Waals surface area contributed by atoms with Gasteiger partial charge in [0.1, 0.15) is 6.33 Å². The van der Waals surface area contributed by atoms with E-state index in [1.807, 2.05) is 12.4 Å². The van der Waals surface area contributed by atoms with Gasteiger partial charge in [-0.15, -0.1) is 0 Å². The minimum Gasteiger partial charge on any atom is -0.313 e. The van der Waals surface area contributed by atoms with Crippen LogP contribution in [0.3, 0.4) is 0 Å². The lowest BCUT2D eigenvalue weighted by Crippen LogP contribution is -2.12. The molecule has 0 amide bonds. The molecule has 0 aliphatic heterocycles. The molecule has 0 aliphatic rings. The van der Waals surface area contributed by atoms with Crippen LogP contribution in [0.15, 0.2) is 29.0 Å². The van der Waals surface area contributed by atoms with Crippen LogP contribution in [0.25, 0.3) is 0 Å². The summed E-state index contributed by atoms with van der Waals surface area (Å²) in [6.07, 6.45) is 5.09. The van der Waals surface area contributed by atoms with Gasteiger partial charge >= 0.3 is 0 Å². The Bertz CT molecular complexity index is 412. The van der Waals surface area contributed by atoms with Crippen molar-refractivity contribution in [1.82, 2.24) is 30.5 Å². The summed E-state index contributed by atoms with van der Waals surface area (Å²) in [5, 5.41) is 11.1. The Balaban J connectivity index is 1.96. The van der Waals surface area contributed by atoms with Gasteiger partial charge in [-0.05, 0) is 18.3 Å². The largest absolute Gasteiger partial charge is 0.313 e. The van der Waals surface area contributed by atoms with Crippen molar-refractivity contribution in [3.8, 4) is 0 Å². The van der Waals surface area contributed by atoms with Crippen LogP contribution >= 0.6 is 11.8 Å². The van der Waals surface area contributed by atoms with Gasteiger partial charge in [-0.2, -0.15) is 5.10 Å². The highest BCUT2D eigenvalue weighted by Gasteiger charge is 2.02. The predicted molar refractivity (Wildman–Crippen MR) is 59.9 cm³/mol. The molecule has 7 heteroatoms. The van der Waals surface area contributed by atoms with Gasteiger partial charge in [-0.25, -0.2) is 15.0 Å². The van der Waals surface area contributed by atoms with Crippen molar-refractivity contribution in [3.63, 3.8) is 0 Å². The normalized spacial score (nSPS) is 10.6. The van der Waals surface area contributed by atoms with Gasteiger partial charge in [0.15, 0.2) is 10.3 Å². The summed E-state index contributed by atoms with van der Waals surface area (Å²) in [5.74, 6) is 0. The zero-order valence-electron chi connectivity index (χ0n) is 8.84. The summed E-state index contributed by atoms with van der Waals surface area (Å²) in [7, 11) is 0. The smallest absolute Gasteiger partial charge is 0.195 e.